The van der Waals surface area contributed by atoms with E-state index < -0.39 is 29.0 Å². The molecule has 138 valence electrons. The van der Waals surface area contributed by atoms with Crippen molar-refractivity contribution < 1.29 is 27.5 Å². The van der Waals surface area contributed by atoms with Crippen molar-refractivity contribution in [1.82, 2.24) is 10.2 Å². The molecule has 0 aliphatic carbocycles. The molecule has 1 aromatic rings. The third-order valence-corrected chi connectivity index (χ3v) is 3.69. The van der Waals surface area contributed by atoms with Crippen LogP contribution in [0.3, 0.4) is 0 Å². The number of benzene rings is 1. The van der Waals surface area contributed by atoms with E-state index in [-0.39, 0.29) is 25.1 Å². The Bertz CT molecular complexity index is 637. The Morgan fingerprint density at radius 2 is 1.92 bits per heavy atom. The van der Waals surface area contributed by atoms with E-state index in [1.165, 1.54) is 11.9 Å². The van der Waals surface area contributed by atoms with Crippen molar-refractivity contribution in [3.05, 3.63) is 29.6 Å². The molecule has 1 aliphatic heterocycles. The maximum atomic E-state index is 13.5. The van der Waals surface area contributed by atoms with Crippen molar-refractivity contribution in [2.24, 2.45) is 0 Å². The monoisotopic (exact) mass is 359 g/mol. The minimum absolute atomic E-state index is 0.0221. The van der Waals surface area contributed by atoms with Crippen LogP contribution in [-0.4, -0.2) is 56.1 Å². The maximum Gasteiger partial charge on any atom is 0.238 e. The normalized spacial score (nSPS) is 16.9. The largest absolute Gasteiger partial charge is 0.376 e. The molecule has 25 heavy (non-hydrogen) atoms. The number of rotatable bonds is 7. The Hall–Kier alpha value is -2.13. The van der Waals surface area contributed by atoms with E-state index in [2.05, 4.69) is 10.6 Å². The van der Waals surface area contributed by atoms with Crippen molar-refractivity contribution in [2.45, 2.75) is 18.9 Å². The summed E-state index contributed by atoms with van der Waals surface area (Å²) in [6.07, 6.45) is 1.90. The lowest BCUT2D eigenvalue weighted by Crippen LogP contribution is -2.41. The summed E-state index contributed by atoms with van der Waals surface area (Å²) in [6.45, 7) is 0.853. The van der Waals surface area contributed by atoms with E-state index in [1.807, 2.05) is 0 Å². The van der Waals surface area contributed by atoms with Gasteiger partial charge in [-0.25, -0.2) is 13.2 Å². The fourth-order valence-corrected chi connectivity index (χ4v) is 2.45. The van der Waals surface area contributed by atoms with Crippen molar-refractivity contribution in [1.29, 1.82) is 0 Å². The number of nitrogens with one attached hydrogen (secondary N) is 2. The van der Waals surface area contributed by atoms with Crippen molar-refractivity contribution in [3.63, 3.8) is 0 Å². The molecule has 0 unspecified atom stereocenters. The number of hydrogen-bond acceptors (Lipinski definition) is 4. The first kappa shape index (κ1) is 19.2. The number of carbonyl (C=O) groups is 2. The summed E-state index contributed by atoms with van der Waals surface area (Å²) < 4.78 is 44.8. The Morgan fingerprint density at radius 3 is 2.60 bits per heavy atom. The van der Waals surface area contributed by atoms with E-state index in [0.29, 0.717) is 13.2 Å². The molecule has 0 spiro atoms. The zero-order chi connectivity index (χ0) is 18.4. The van der Waals surface area contributed by atoms with Crippen LogP contribution in [0.25, 0.3) is 0 Å². The highest BCUT2D eigenvalue weighted by atomic mass is 19.2. The van der Waals surface area contributed by atoms with Gasteiger partial charge in [-0.2, -0.15) is 0 Å². The minimum atomic E-state index is -1.65. The van der Waals surface area contributed by atoms with Crippen LogP contribution in [-0.2, 0) is 14.3 Å². The van der Waals surface area contributed by atoms with Gasteiger partial charge in [0.2, 0.25) is 11.8 Å². The van der Waals surface area contributed by atoms with Crippen LogP contribution in [0.15, 0.2) is 12.1 Å². The zero-order valence-corrected chi connectivity index (χ0v) is 13.8. The van der Waals surface area contributed by atoms with Crippen molar-refractivity contribution in [3.8, 4) is 0 Å². The Labute approximate surface area is 143 Å². The summed E-state index contributed by atoms with van der Waals surface area (Å²) in [6, 6.07) is 1.65. The second kappa shape index (κ2) is 8.82. The molecule has 2 rings (SSSR count). The Balaban J connectivity index is 1.75. The molecular weight excluding hydrogens is 339 g/mol. The third-order valence-electron chi connectivity index (χ3n) is 3.69. The molecule has 1 aromatic carbocycles. The van der Waals surface area contributed by atoms with E-state index in [1.54, 1.807) is 0 Å². The second-order valence-electron chi connectivity index (χ2n) is 5.88. The second-order valence-corrected chi connectivity index (χ2v) is 5.88. The molecule has 1 heterocycles. The average molecular weight is 359 g/mol. The molecule has 0 aromatic heterocycles. The number of likely N-dealkylation sites (N-methyl/N-ethyl adjacent to an activating group) is 1. The van der Waals surface area contributed by atoms with Crippen LogP contribution in [0.2, 0.25) is 0 Å². The summed E-state index contributed by atoms with van der Waals surface area (Å²) in [5.74, 6) is -5.38. The van der Waals surface area contributed by atoms with Crippen LogP contribution in [0.1, 0.15) is 12.8 Å². The average Bonchev–Trinajstić information content (AvgIpc) is 3.07. The zero-order valence-electron chi connectivity index (χ0n) is 13.8. The van der Waals surface area contributed by atoms with Gasteiger partial charge in [-0.3, -0.25) is 14.5 Å². The van der Waals surface area contributed by atoms with Crippen molar-refractivity contribution >= 4 is 17.5 Å². The van der Waals surface area contributed by atoms with Crippen LogP contribution in [0.5, 0.6) is 0 Å². The molecular formula is C16H20F3N3O3. The lowest BCUT2D eigenvalue weighted by molar-refractivity contribution is -0.123. The molecule has 6 nitrogen and oxygen atoms in total. The first-order valence-corrected chi connectivity index (χ1v) is 7.87. The van der Waals surface area contributed by atoms with Gasteiger partial charge in [0.1, 0.15) is 0 Å². The lowest BCUT2D eigenvalue weighted by atomic mass is 10.2. The smallest absolute Gasteiger partial charge is 0.238 e. The number of halogens is 3. The van der Waals surface area contributed by atoms with Gasteiger partial charge >= 0.3 is 0 Å². The van der Waals surface area contributed by atoms with E-state index in [0.717, 1.165) is 25.0 Å². The van der Waals surface area contributed by atoms with Gasteiger partial charge in [0.15, 0.2) is 17.5 Å². The topological polar surface area (TPSA) is 70.7 Å². The number of hydrogen-bond donors (Lipinski definition) is 2. The molecule has 1 fully saturated rings. The van der Waals surface area contributed by atoms with E-state index in [4.69, 9.17) is 4.74 Å². The number of ether oxygens (including phenoxy) is 1. The van der Waals surface area contributed by atoms with Gasteiger partial charge in [0, 0.05) is 13.2 Å². The van der Waals surface area contributed by atoms with E-state index >= 15 is 0 Å². The molecule has 1 atom stereocenters. The molecule has 1 aliphatic rings. The first-order chi connectivity index (χ1) is 11.9. The van der Waals surface area contributed by atoms with E-state index in [9.17, 15) is 22.8 Å². The highest BCUT2D eigenvalue weighted by Gasteiger charge is 2.18. The predicted octanol–water partition coefficient (Wildman–Crippen LogP) is 1.27. The summed E-state index contributed by atoms with van der Waals surface area (Å²) >= 11 is 0. The first-order valence-electron chi connectivity index (χ1n) is 7.87. The highest BCUT2D eigenvalue weighted by Crippen LogP contribution is 2.19. The van der Waals surface area contributed by atoms with Gasteiger partial charge in [0.05, 0.1) is 24.9 Å². The summed E-state index contributed by atoms with van der Waals surface area (Å²) in [7, 11) is 1.53. The molecule has 2 N–H and O–H groups in total. The van der Waals surface area contributed by atoms with Crippen LogP contribution in [0.4, 0.5) is 18.9 Å². The fraction of sp³-hybridized carbons (Fsp3) is 0.500. The third kappa shape index (κ3) is 5.71. The fourth-order valence-electron chi connectivity index (χ4n) is 2.45. The maximum absolute atomic E-state index is 13.5. The lowest BCUT2D eigenvalue weighted by Gasteiger charge is -2.17. The van der Waals surface area contributed by atoms with Crippen LogP contribution < -0.4 is 10.6 Å². The molecule has 2 amide bonds. The standard InChI is InChI=1S/C16H20F3N3O3/c1-22(8-13(23)20-7-10-3-2-6-25-10)9-14(24)21-12-5-4-11(17)15(18)16(12)19/h4-5,10H,2-3,6-9H2,1H3,(H,20,23)(H,21,24)/t10-/m0/s1. The molecule has 0 bridgehead atoms. The minimum Gasteiger partial charge on any atom is -0.376 e. The number of amides is 2. The van der Waals surface area contributed by atoms with Crippen LogP contribution >= 0.6 is 0 Å². The number of carbonyl (C=O) groups excluding carboxylic acids is 2. The Kier molecular flexibility index (Phi) is 6.77. The van der Waals surface area contributed by atoms with Gasteiger partial charge < -0.3 is 15.4 Å². The SMILES string of the molecule is CN(CC(=O)NC[C@@H]1CCCO1)CC(=O)Nc1ccc(F)c(F)c1F. The molecule has 0 radical (unpaired) electrons. The Morgan fingerprint density at radius 1 is 1.20 bits per heavy atom. The summed E-state index contributed by atoms with van der Waals surface area (Å²) in [4.78, 5) is 25.0. The molecule has 9 heteroatoms. The number of nitrogens with zero attached hydrogens (tertiary/aromatic N) is 1. The quantitative estimate of drug-likeness (QED) is 0.720. The highest BCUT2D eigenvalue weighted by molar-refractivity contribution is 5.92. The summed E-state index contributed by atoms with van der Waals surface area (Å²) in [5, 5.41) is 4.86. The summed E-state index contributed by atoms with van der Waals surface area (Å²) in [5.41, 5.74) is -0.458. The van der Waals surface area contributed by atoms with Gasteiger partial charge in [-0.15, -0.1) is 0 Å². The van der Waals surface area contributed by atoms with Gasteiger partial charge in [-0.05, 0) is 32.0 Å². The van der Waals surface area contributed by atoms with Gasteiger partial charge in [-0.1, -0.05) is 0 Å². The van der Waals surface area contributed by atoms with Crippen LogP contribution in [0, 0.1) is 17.5 Å². The number of anilines is 1. The molecule has 1 saturated heterocycles. The predicted molar refractivity (Wildman–Crippen MR) is 84.4 cm³/mol. The molecule has 0 saturated carbocycles. The van der Waals surface area contributed by atoms with Gasteiger partial charge in [0.25, 0.3) is 0 Å². The van der Waals surface area contributed by atoms with Crippen molar-refractivity contribution in [2.75, 3.05) is 38.6 Å².